The molecule has 3 nitrogen and oxygen atoms in total. The number of ether oxygens (including phenoxy) is 1. The first kappa shape index (κ1) is 13.3. The molecule has 0 fully saturated rings. The number of hydrogen-bond donors (Lipinski definition) is 0. The third-order valence-corrected chi connectivity index (χ3v) is 2.34. The van der Waals surface area contributed by atoms with Crippen molar-refractivity contribution in [1.82, 2.24) is 4.90 Å². The summed E-state index contributed by atoms with van der Waals surface area (Å²) in [6.45, 7) is 2.21. The fourth-order valence-electron chi connectivity index (χ4n) is 1.48. The number of esters is 1. The molecule has 0 aliphatic rings. The molecule has 0 N–H and O–H groups in total. The highest BCUT2D eigenvalue weighted by Crippen LogP contribution is 2.07. The Hall–Kier alpha value is -1.77. The van der Waals surface area contributed by atoms with Gasteiger partial charge in [-0.15, -0.1) is 0 Å². The number of rotatable bonds is 5. The smallest absolute Gasteiger partial charge is 0.354 e. The molecule has 1 rings (SSSR count). The van der Waals surface area contributed by atoms with E-state index in [1.165, 1.54) is 5.56 Å². The van der Waals surface area contributed by atoms with Crippen LogP contribution in [0.15, 0.2) is 42.1 Å². The molecule has 92 valence electrons. The van der Waals surface area contributed by atoms with Crippen LogP contribution in [0.3, 0.4) is 0 Å². The van der Waals surface area contributed by atoms with Crippen molar-refractivity contribution in [3.63, 3.8) is 0 Å². The highest BCUT2D eigenvalue weighted by molar-refractivity contribution is 5.87. The van der Waals surface area contributed by atoms with Gasteiger partial charge in [0.1, 0.15) is 5.70 Å². The maximum atomic E-state index is 11.7. The maximum Gasteiger partial charge on any atom is 0.354 e. The first-order valence-corrected chi connectivity index (χ1v) is 5.73. The SMILES string of the molecule is CCOC(=O)C(=CCc1ccccc1)N(C)C. The number of carbonyl (C=O) groups is 1. The van der Waals surface area contributed by atoms with E-state index in [4.69, 9.17) is 4.74 Å². The molecule has 0 spiro atoms. The van der Waals surface area contributed by atoms with Crippen molar-refractivity contribution in [2.24, 2.45) is 0 Å². The normalized spacial score (nSPS) is 11.1. The Morgan fingerprint density at radius 1 is 1.29 bits per heavy atom. The van der Waals surface area contributed by atoms with E-state index < -0.39 is 0 Å². The van der Waals surface area contributed by atoms with Crippen LogP contribution in [0.2, 0.25) is 0 Å². The van der Waals surface area contributed by atoms with E-state index in [-0.39, 0.29) is 5.97 Å². The summed E-state index contributed by atoms with van der Waals surface area (Å²) in [5.41, 5.74) is 1.77. The first-order chi connectivity index (χ1) is 8.15. The van der Waals surface area contributed by atoms with Gasteiger partial charge in [-0.3, -0.25) is 0 Å². The number of benzene rings is 1. The highest BCUT2D eigenvalue weighted by Gasteiger charge is 2.11. The molecule has 1 aromatic rings. The summed E-state index contributed by atoms with van der Waals surface area (Å²) in [5, 5.41) is 0. The average molecular weight is 233 g/mol. The van der Waals surface area contributed by atoms with Crippen LogP contribution in [0.5, 0.6) is 0 Å². The zero-order valence-electron chi connectivity index (χ0n) is 10.6. The van der Waals surface area contributed by atoms with Gasteiger partial charge in [0.25, 0.3) is 0 Å². The Morgan fingerprint density at radius 2 is 1.94 bits per heavy atom. The standard InChI is InChI=1S/C14H19NO2/c1-4-17-14(16)13(15(2)3)11-10-12-8-6-5-7-9-12/h5-9,11H,4,10H2,1-3H3. The fraction of sp³-hybridized carbons (Fsp3) is 0.357. The lowest BCUT2D eigenvalue weighted by atomic mass is 10.1. The van der Waals surface area contributed by atoms with Crippen LogP contribution in [-0.4, -0.2) is 31.6 Å². The molecular formula is C14H19NO2. The van der Waals surface area contributed by atoms with Crippen LogP contribution in [0.4, 0.5) is 0 Å². The van der Waals surface area contributed by atoms with Crippen LogP contribution in [0.25, 0.3) is 0 Å². The molecule has 17 heavy (non-hydrogen) atoms. The van der Waals surface area contributed by atoms with Crippen molar-refractivity contribution in [3.8, 4) is 0 Å². The third-order valence-electron chi connectivity index (χ3n) is 2.34. The molecule has 0 amide bonds. The van der Waals surface area contributed by atoms with E-state index in [2.05, 4.69) is 0 Å². The summed E-state index contributed by atoms with van der Waals surface area (Å²) < 4.78 is 5.00. The van der Waals surface area contributed by atoms with E-state index in [9.17, 15) is 4.79 Å². The van der Waals surface area contributed by atoms with Gasteiger partial charge in [0.2, 0.25) is 0 Å². The van der Waals surface area contributed by atoms with Gasteiger partial charge in [0, 0.05) is 14.1 Å². The van der Waals surface area contributed by atoms with Crippen molar-refractivity contribution in [2.45, 2.75) is 13.3 Å². The van der Waals surface area contributed by atoms with Crippen molar-refractivity contribution in [1.29, 1.82) is 0 Å². The quantitative estimate of drug-likeness (QED) is 0.577. The zero-order valence-corrected chi connectivity index (χ0v) is 10.6. The third kappa shape index (κ3) is 4.31. The van der Waals surface area contributed by atoms with Gasteiger partial charge in [0.05, 0.1) is 6.61 Å². The minimum absolute atomic E-state index is 0.270. The lowest BCUT2D eigenvalue weighted by Gasteiger charge is -2.15. The molecule has 0 aromatic heterocycles. The molecule has 0 unspecified atom stereocenters. The Morgan fingerprint density at radius 3 is 2.47 bits per heavy atom. The van der Waals surface area contributed by atoms with Gasteiger partial charge in [-0.1, -0.05) is 30.3 Å². The van der Waals surface area contributed by atoms with Gasteiger partial charge in [-0.05, 0) is 25.0 Å². The molecule has 0 aliphatic heterocycles. The number of likely N-dealkylation sites (N-methyl/N-ethyl adjacent to an activating group) is 1. The van der Waals surface area contributed by atoms with Gasteiger partial charge in [-0.25, -0.2) is 4.79 Å². The summed E-state index contributed by atoms with van der Waals surface area (Å²) in [6.07, 6.45) is 2.63. The summed E-state index contributed by atoms with van der Waals surface area (Å²) in [7, 11) is 3.68. The molecule has 0 atom stereocenters. The monoisotopic (exact) mass is 233 g/mol. The van der Waals surface area contributed by atoms with Crippen LogP contribution in [0.1, 0.15) is 12.5 Å². The lowest BCUT2D eigenvalue weighted by molar-refractivity contribution is -0.140. The molecule has 0 aliphatic carbocycles. The lowest BCUT2D eigenvalue weighted by Crippen LogP contribution is -2.21. The number of allylic oxidation sites excluding steroid dienone is 1. The second-order valence-electron chi connectivity index (χ2n) is 3.89. The molecule has 1 aromatic carbocycles. The predicted molar refractivity (Wildman–Crippen MR) is 68.5 cm³/mol. The summed E-state index contributed by atoms with van der Waals surface area (Å²) in [4.78, 5) is 13.5. The molecule has 0 saturated heterocycles. The highest BCUT2D eigenvalue weighted by atomic mass is 16.5. The van der Waals surface area contributed by atoms with E-state index in [0.717, 1.165) is 6.42 Å². The number of carbonyl (C=O) groups excluding carboxylic acids is 1. The maximum absolute atomic E-state index is 11.7. The molecule has 0 heterocycles. The second kappa shape index (κ2) is 6.74. The van der Waals surface area contributed by atoms with Crippen molar-refractivity contribution in [3.05, 3.63) is 47.7 Å². The van der Waals surface area contributed by atoms with E-state index in [0.29, 0.717) is 12.3 Å². The minimum atomic E-state index is -0.270. The predicted octanol–water partition coefficient (Wildman–Crippen LogP) is 2.24. The minimum Gasteiger partial charge on any atom is -0.461 e. The summed E-state index contributed by atoms with van der Waals surface area (Å²) in [6, 6.07) is 10.0. The number of hydrogen-bond acceptors (Lipinski definition) is 3. The van der Waals surface area contributed by atoms with Gasteiger partial charge in [-0.2, -0.15) is 0 Å². The van der Waals surface area contributed by atoms with Crippen LogP contribution in [-0.2, 0) is 16.0 Å². The Balaban J connectivity index is 2.74. The van der Waals surface area contributed by atoms with Crippen LogP contribution < -0.4 is 0 Å². The van der Waals surface area contributed by atoms with Gasteiger partial charge < -0.3 is 9.64 Å². The summed E-state index contributed by atoms with van der Waals surface area (Å²) >= 11 is 0. The van der Waals surface area contributed by atoms with Crippen molar-refractivity contribution < 1.29 is 9.53 Å². The Kier molecular flexibility index (Phi) is 5.27. The number of nitrogens with zero attached hydrogens (tertiary/aromatic N) is 1. The van der Waals surface area contributed by atoms with E-state index in [1.807, 2.05) is 57.4 Å². The molecule has 3 heteroatoms. The summed E-state index contributed by atoms with van der Waals surface area (Å²) in [5.74, 6) is -0.270. The van der Waals surface area contributed by atoms with Crippen LogP contribution in [0, 0.1) is 0 Å². The topological polar surface area (TPSA) is 29.5 Å². The van der Waals surface area contributed by atoms with Gasteiger partial charge >= 0.3 is 5.97 Å². The van der Waals surface area contributed by atoms with E-state index in [1.54, 1.807) is 4.90 Å². The van der Waals surface area contributed by atoms with Crippen molar-refractivity contribution in [2.75, 3.05) is 20.7 Å². The zero-order chi connectivity index (χ0) is 12.7. The first-order valence-electron chi connectivity index (χ1n) is 5.73. The fourth-order valence-corrected chi connectivity index (χ4v) is 1.48. The van der Waals surface area contributed by atoms with Crippen molar-refractivity contribution >= 4 is 5.97 Å². The molecular weight excluding hydrogens is 214 g/mol. The molecule has 0 saturated carbocycles. The second-order valence-corrected chi connectivity index (χ2v) is 3.89. The Bertz CT molecular complexity index is 382. The van der Waals surface area contributed by atoms with Crippen LogP contribution >= 0.6 is 0 Å². The molecule has 0 radical (unpaired) electrons. The molecule has 0 bridgehead atoms. The average Bonchev–Trinajstić information content (AvgIpc) is 2.30. The Labute approximate surface area is 103 Å². The van der Waals surface area contributed by atoms with Gasteiger partial charge in [0.15, 0.2) is 0 Å². The largest absolute Gasteiger partial charge is 0.461 e. The van der Waals surface area contributed by atoms with E-state index >= 15 is 0 Å².